The number of aliphatic hydroxyl groups is 1. The molecule has 2 saturated heterocycles. The number of aromatic nitrogens is 4. The molecule has 6 atom stereocenters. The van der Waals surface area contributed by atoms with Gasteiger partial charge in [0.2, 0.25) is 0 Å². The molecule has 2 aromatic rings. The number of ether oxygens (including phenoxy) is 1. The molecule has 0 aromatic carbocycles. The zero-order valence-corrected chi connectivity index (χ0v) is 20.3. The zero-order chi connectivity index (χ0) is 18.7. The van der Waals surface area contributed by atoms with Crippen LogP contribution in [0.2, 0.25) is 0 Å². The molecule has 28 heavy (non-hydrogen) atoms. The number of fused-ring (bicyclic) bond motifs is 2. The number of phosphoric ester groups is 2. The minimum Gasteiger partial charge on any atom is -0.857 e. The summed E-state index contributed by atoms with van der Waals surface area (Å²) in [5, 5.41) is 22.1. The van der Waals surface area contributed by atoms with Gasteiger partial charge in [0, 0.05) is 5.88 Å². The minimum atomic E-state index is -5.10. The summed E-state index contributed by atoms with van der Waals surface area (Å²) >= 11 is 0. The molecule has 4 rings (SSSR count). The fourth-order valence-corrected chi connectivity index (χ4v) is 4.97. The van der Waals surface area contributed by atoms with Gasteiger partial charge in [-0.05, 0) is 0 Å². The van der Waals surface area contributed by atoms with E-state index >= 15 is 0 Å². The molecule has 4 heterocycles. The molecule has 0 aliphatic carbocycles. The van der Waals surface area contributed by atoms with Gasteiger partial charge in [0.1, 0.15) is 30.2 Å². The van der Waals surface area contributed by atoms with Gasteiger partial charge in [-0.1, -0.05) is 0 Å². The molecular formula is C10H10N4Na2O10P2. The largest absolute Gasteiger partial charge is 1.00 e. The van der Waals surface area contributed by atoms with Gasteiger partial charge in [-0.3, -0.25) is 18.6 Å². The van der Waals surface area contributed by atoms with Crippen molar-refractivity contribution in [1.29, 1.82) is 0 Å². The standard InChI is InChI=1S/C10H12N4O10P2.2Na/c15-6-7-4(1-21-25(17,18)24-26(19,20)23-7)22-10(6)14-3-13-5-8(14)11-2-12-9(5)16;;/h2-4,6-7,10,15H,1H2,(H,17,18)(H,19,20)(H,11,12,16);;/q;2*+1/p-2/t4-,6-,7-,10-;;/m1../s1. The first-order valence-electron chi connectivity index (χ1n) is 7.03. The molecule has 0 amide bonds. The Bertz CT molecular complexity index is 961. The van der Waals surface area contributed by atoms with Crippen LogP contribution in [-0.4, -0.2) is 54.4 Å². The summed E-state index contributed by atoms with van der Waals surface area (Å²) in [6, 6.07) is 0. The Hall–Kier alpha value is 0.530. The van der Waals surface area contributed by atoms with Gasteiger partial charge >= 0.3 is 66.9 Å². The van der Waals surface area contributed by atoms with Crippen LogP contribution in [0.1, 0.15) is 6.23 Å². The van der Waals surface area contributed by atoms with Gasteiger partial charge < -0.3 is 29.3 Å². The van der Waals surface area contributed by atoms with Gasteiger partial charge in [-0.2, -0.15) is 0 Å². The molecule has 0 radical (unpaired) electrons. The van der Waals surface area contributed by atoms with E-state index in [1.165, 1.54) is 4.57 Å². The summed E-state index contributed by atoms with van der Waals surface area (Å²) in [6.45, 7) is -0.632. The van der Waals surface area contributed by atoms with Crippen molar-refractivity contribution >= 4 is 26.8 Å². The second-order valence-corrected chi connectivity index (χ2v) is 8.38. The number of rotatable bonds is 1. The predicted molar refractivity (Wildman–Crippen MR) is 74.0 cm³/mol. The number of hydrogen-bond donors (Lipinski definition) is 2. The molecule has 0 bridgehead atoms. The molecule has 2 unspecified atom stereocenters. The zero-order valence-electron chi connectivity index (χ0n) is 14.5. The third kappa shape index (κ3) is 4.72. The fraction of sp³-hybridized carbons (Fsp3) is 0.500. The quantitative estimate of drug-likeness (QED) is 0.304. The van der Waals surface area contributed by atoms with Crippen molar-refractivity contribution in [3.8, 4) is 5.88 Å². The van der Waals surface area contributed by atoms with E-state index < -0.39 is 52.7 Å². The third-order valence-electron chi connectivity index (χ3n) is 3.76. The number of nitrogens with zero attached hydrogens (tertiary/aromatic N) is 4. The van der Waals surface area contributed by atoms with Crippen LogP contribution < -0.4 is 69.1 Å². The van der Waals surface area contributed by atoms with E-state index in [-0.39, 0.29) is 70.3 Å². The first kappa shape index (κ1) is 24.8. The van der Waals surface area contributed by atoms with Crippen LogP contribution in [-0.2, 0) is 27.2 Å². The van der Waals surface area contributed by atoms with Crippen molar-refractivity contribution in [3.63, 3.8) is 0 Å². The minimum absolute atomic E-state index is 0. The molecule has 2 aliphatic heterocycles. The maximum absolute atomic E-state index is 11.8. The van der Waals surface area contributed by atoms with Crippen LogP contribution in [0.5, 0.6) is 5.88 Å². The maximum atomic E-state index is 11.8. The van der Waals surface area contributed by atoms with E-state index in [4.69, 9.17) is 9.26 Å². The predicted octanol–water partition coefficient (Wildman–Crippen LogP) is -7.83. The van der Waals surface area contributed by atoms with Crippen LogP contribution in [0.4, 0.5) is 0 Å². The van der Waals surface area contributed by atoms with Crippen LogP contribution in [0.25, 0.3) is 11.2 Å². The number of hydrogen-bond acceptors (Lipinski definition) is 12. The van der Waals surface area contributed by atoms with Crippen LogP contribution in [0, 0.1) is 0 Å². The SMILES string of the molecule is O=P1([O-])OC[C@H]2O[C@@H](n3cnc4c([O-])ncnc43)[C@H](O)[C@@H]2OP(=O)(O)O1.[Na+].[Na+]. The Morgan fingerprint density at radius 1 is 1.25 bits per heavy atom. The van der Waals surface area contributed by atoms with Crippen molar-refractivity contribution < 1.29 is 106 Å². The van der Waals surface area contributed by atoms with Crippen LogP contribution >= 0.6 is 15.6 Å². The van der Waals surface area contributed by atoms with Crippen molar-refractivity contribution in [2.45, 2.75) is 24.5 Å². The second-order valence-electron chi connectivity index (χ2n) is 5.42. The first-order valence-corrected chi connectivity index (χ1v) is 9.99. The Morgan fingerprint density at radius 2 is 1.96 bits per heavy atom. The summed E-state index contributed by atoms with van der Waals surface area (Å²) in [5.41, 5.74) is -0.0350. The summed E-state index contributed by atoms with van der Waals surface area (Å²) in [6.07, 6.45) is -3.34. The summed E-state index contributed by atoms with van der Waals surface area (Å²) in [5.74, 6) is -0.646. The van der Waals surface area contributed by atoms with Crippen molar-refractivity contribution in [2.75, 3.05) is 6.61 Å². The number of phosphoric acid groups is 2. The van der Waals surface area contributed by atoms with E-state index in [9.17, 15) is 29.1 Å². The first-order chi connectivity index (χ1) is 12.2. The topological polar surface area (TPSA) is 201 Å². The van der Waals surface area contributed by atoms with Crippen molar-refractivity contribution in [2.24, 2.45) is 0 Å². The van der Waals surface area contributed by atoms with E-state index in [2.05, 4.69) is 23.8 Å². The van der Waals surface area contributed by atoms with Gasteiger partial charge in [-0.25, -0.2) is 18.8 Å². The van der Waals surface area contributed by atoms with Gasteiger partial charge in [-0.15, -0.1) is 0 Å². The molecule has 2 aromatic heterocycles. The van der Waals surface area contributed by atoms with Gasteiger partial charge in [0.15, 0.2) is 11.9 Å². The van der Waals surface area contributed by atoms with Gasteiger partial charge in [0.05, 0.1) is 12.9 Å². The molecule has 18 heteroatoms. The van der Waals surface area contributed by atoms with E-state index in [1.807, 2.05) is 0 Å². The molecule has 2 aliphatic rings. The van der Waals surface area contributed by atoms with Gasteiger partial charge in [0.25, 0.3) is 7.82 Å². The molecule has 2 fully saturated rings. The molecular weight excluding hydrogens is 444 g/mol. The summed E-state index contributed by atoms with van der Waals surface area (Å²) in [4.78, 5) is 32.1. The molecule has 14 nitrogen and oxygen atoms in total. The average Bonchev–Trinajstić information content (AvgIpc) is 3.07. The Balaban J connectivity index is 0.00000140. The average molecular weight is 454 g/mol. The smallest absolute Gasteiger partial charge is 0.857 e. The van der Waals surface area contributed by atoms with E-state index in [0.717, 1.165) is 12.7 Å². The summed E-state index contributed by atoms with van der Waals surface area (Å²) < 4.78 is 43.1. The fourth-order valence-electron chi connectivity index (χ4n) is 2.72. The molecule has 0 spiro atoms. The number of imidazole rings is 1. The Labute approximate surface area is 201 Å². The normalized spacial score (nSPS) is 38.0. The molecule has 0 saturated carbocycles. The maximum Gasteiger partial charge on any atom is 1.00 e. The van der Waals surface area contributed by atoms with Crippen molar-refractivity contribution in [1.82, 2.24) is 19.5 Å². The number of aliphatic hydroxyl groups excluding tert-OH is 1. The molecule has 2 N–H and O–H groups in total. The van der Waals surface area contributed by atoms with Crippen LogP contribution in [0.15, 0.2) is 12.7 Å². The van der Waals surface area contributed by atoms with Crippen molar-refractivity contribution in [3.05, 3.63) is 12.7 Å². The Kier molecular flexibility index (Phi) is 7.93. The monoisotopic (exact) mass is 454 g/mol. The Morgan fingerprint density at radius 3 is 2.68 bits per heavy atom. The third-order valence-corrected chi connectivity index (χ3v) is 6.36. The van der Waals surface area contributed by atoms with E-state index in [1.54, 1.807) is 0 Å². The summed E-state index contributed by atoms with van der Waals surface area (Å²) in [7, 11) is -10.2. The van der Waals surface area contributed by atoms with E-state index in [0.29, 0.717) is 0 Å². The molecule has 142 valence electrons. The second kappa shape index (κ2) is 8.95. The van der Waals surface area contributed by atoms with Crippen LogP contribution in [0.3, 0.4) is 0 Å².